The first-order valence-corrected chi connectivity index (χ1v) is 6.57. The predicted octanol–water partition coefficient (Wildman–Crippen LogP) is 1.34. The van der Waals surface area contributed by atoms with E-state index in [9.17, 15) is 13.9 Å². The summed E-state index contributed by atoms with van der Waals surface area (Å²) in [6.07, 6.45) is -0.0709. The van der Waals surface area contributed by atoms with E-state index in [4.69, 9.17) is 10.5 Å². The number of nitrogens with one attached hydrogen (secondary N) is 1. The monoisotopic (exact) mass is 288 g/mol. The summed E-state index contributed by atoms with van der Waals surface area (Å²) in [7, 11) is 1.60. The van der Waals surface area contributed by atoms with Gasteiger partial charge in [0.25, 0.3) is 0 Å². The molecule has 0 aliphatic carbocycles. The van der Waals surface area contributed by atoms with Crippen LogP contribution in [-0.4, -0.2) is 37.5 Å². The van der Waals surface area contributed by atoms with Gasteiger partial charge in [-0.1, -0.05) is 0 Å². The highest BCUT2D eigenvalue weighted by Gasteiger charge is 2.24. The zero-order valence-electron chi connectivity index (χ0n) is 11.8. The van der Waals surface area contributed by atoms with E-state index in [2.05, 4.69) is 5.32 Å². The van der Waals surface area contributed by atoms with Gasteiger partial charge in [0.2, 0.25) is 0 Å². The highest BCUT2D eigenvalue weighted by atomic mass is 19.1. The summed E-state index contributed by atoms with van der Waals surface area (Å²) in [5.74, 6) is -1.33. The number of hydrogen-bond donors (Lipinski definition) is 3. The second kappa shape index (κ2) is 8.26. The van der Waals surface area contributed by atoms with Crippen molar-refractivity contribution in [3.8, 4) is 0 Å². The van der Waals surface area contributed by atoms with E-state index >= 15 is 0 Å². The number of halogens is 2. The van der Waals surface area contributed by atoms with Crippen molar-refractivity contribution in [2.45, 2.75) is 31.5 Å². The van der Waals surface area contributed by atoms with Crippen LogP contribution in [0.15, 0.2) is 18.2 Å². The number of benzene rings is 1. The van der Waals surface area contributed by atoms with Crippen LogP contribution in [0.3, 0.4) is 0 Å². The highest BCUT2D eigenvalue weighted by molar-refractivity contribution is 5.23. The number of methoxy groups -OCH3 is 1. The van der Waals surface area contributed by atoms with Gasteiger partial charge in [-0.25, -0.2) is 8.78 Å². The molecular formula is C14H22F2N2O2. The van der Waals surface area contributed by atoms with E-state index in [1.54, 1.807) is 14.0 Å². The lowest BCUT2D eigenvalue weighted by Gasteiger charge is -2.27. The molecule has 0 saturated heterocycles. The number of hydrogen-bond acceptors (Lipinski definition) is 4. The fraction of sp³-hybridized carbons (Fsp3) is 0.571. The summed E-state index contributed by atoms with van der Waals surface area (Å²) in [5, 5.41) is 12.7. The minimum Gasteiger partial charge on any atom is -0.392 e. The largest absolute Gasteiger partial charge is 0.392 e. The molecule has 20 heavy (non-hydrogen) atoms. The molecule has 6 heteroatoms. The first-order chi connectivity index (χ1) is 9.45. The Hall–Kier alpha value is -1.08. The standard InChI is InChI=1S/C14H22F2N2O2/c1-9(19)13(17)14(18-4-3-5-20-2)10-6-11(15)8-12(16)7-10/h6-9,13-14,18-19H,3-5,17H2,1-2H3/t9-,13-,14?/m1/s1. The molecule has 0 aromatic heterocycles. The fourth-order valence-electron chi connectivity index (χ4n) is 1.98. The van der Waals surface area contributed by atoms with Gasteiger partial charge in [0.05, 0.1) is 12.1 Å². The molecule has 0 heterocycles. The third-order valence-electron chi connectivity index (χ3n) is 3.08. The molecule has 0 bridgehead atoms. The maximum Gasteiger partial charge on any atom is 0.126 e. The quantitative estimate of drug-likeness (QED) is 0.632. The molecule has 0 spiro atoms. The van der Waals surface area contributed by atoms with Crippen LogP contribution in [0, 0.1) is 11.6 Å². The smallest absolute Gasteiger partial charge is 0.126 e. The second-order valence-electron chi connectivity index (χ2n) is 4.80. The van der Waals surface area contributed by atoms with Gasteiger partial charge >= 0.3 is 0 Å². The predicted molar refractivity (Wildman–Crippen MR) is 73.3 cm³/mol. The Morgan fingerprint density at radius 2 is 1.90 bits per heavy atom. The maximum atomic E-state index is 13.3. The molecule has 0 amide bonds. The lowest BCUT2D eigenvalue weighted by Crippen LogP contribution is -2.45. The van der Waals surface area contributed by atoms with Gasteiger partial charge in [0, 0.05) is 25.8 Å². The summed E-state index contributed by atoms with van der Waals surface area (Å²) in [6, 6.07) is 2.05. The molecular weight excluding hydrogens is 266 g/mol. The molecule has 0 fully saturated rings. The van der Waals surface area contributed by atoms with Gasteiger partial charge in [-0.15, -0.1) is 0 Å². The number of aliphatic hydroxyl groups is 1. The van der Waals surface area contributed by atoms with Gasteiger partial charge in [0.1, 0.15) is 11.6 Å². The van der Waals surface area contributed by atoms with Crippen LogP contribution in [0.1, 0.15) is 24.9 Å². The van der Waals surface area contributed by atoms with Crippen molar-refractivity contribution in [3.05, 3.63) is 35.4 Å². The summed E-state index contributed by atoms with van der Waals surface area (Å²) in [5.41, 5.74) is 6.30. The third kappa shape index (κ3) is 5.13. The molecule has 1 rings (SSSR count). The van der Waals surface area contributed by atoms with Crippen molar-refractivity contribution in [1.82, 2.24) is 5.32 Å². The SMILES string of the molecule is COCCCNC(c1cc(F)cc(F)c1)[C@H](N)[C@@H](C)O. The lowest BCUT2D eigenvalue weighted by molar-refractivity contribution is 0.140. The number of aliphatic hydroxyl groups excluding tert-OH is 1. The average Bonchev–Trinajstić information content (AvgIpc) is 2.36. The van der Waals surface area contributed by atoms with Gasteiger partial charge in [0.15, 0.2) is 0 Å². The van der Waals surface area contributed by atoms with Crippen molar-refractivity contribution >= 4 is 0 Å². The van der Waals surface area contributed by atoms with Crippen LogP contribution in [0.5, 0.6) is 0 Å². The van der Waals surface area contributed by atoms with Crippen molar-refractivity contribution < 1.29 is 18.6 Å². The Bertz CT molecular complexity index is 396. The van der Waals surface area contributed by atoms with E-state index in [0.717, 1.165) is 12.5 Å². The Morgan fingerprint density at radius 1 is 1.30 bits per heavy atom. The van der Waals surface area contributed by atoms with Crippen LogP contribution in [0.2, 0.25) is 0 Å². The lowest BCUT2D eigenvalue weighted by atomic mass is 9.96. The molecule has 0 aliphatic heterocycles. The van der Waals surface area contributed by atoms with E-state index in [1.165, 1.54) is 12.1 Å². The third-order valence-corrected chi connectivity index (χ3v) is 3.08. The zero-order valence-corrected chi connectivity index (χ0v) is 11.8. The fourth-order valence-corrected chi connectivity index (χ4v) is 1.98. The van der Waals surface area contributed by atoms with Crippen molar-refractivity contribution in [2.24, 2.45) is 5.73 Å². The Morgan fingerprint density at radius 3 is 2.40 bits per heavy atom. The van der Waals surface area contributed by atoms with Gasteiger partial charge in [-0.2, -0.15) is 0 Å². The minimum absolute atomic E-state index is 0.383. The van der Waals surface area contributed by atoms with Crippen LogP contribution < -0.4 is 11.1 Å². The Balaban J connectivity index is 2.85. The van der Waals surface area contributed by atoms with Crippen LogP contribution >= 0.6 is 0 Å². The summed E-state index contributed by atoms with van der Waals surface area (Å²) >= 11 is 0. The van der Waals surface area contributed by atoms with E-state index in [-0.39, 0.29) is 0 Å². The molecule has 0 radical (unpaired) electrons. The van der Waals surface area contributed by atoms with E-state index < -0.39 is 29.8 Å². The van der Waals surface area contributed by atoms with Crippen molar-refractivity contribution in [1.29, 1.82) is 0 Å². The first kappa shape index (κ1) is 17.0. The summed E-state index contributed by atoms with van der Waals surface area (Å²) in [4.78, 5) is 0. The number of nitrogens with two attached hydrogens (primary N) is 1. The van der Waals surface area contributed by atoms with Gasteiger partial charge in [-0.3, -0.25) is 0 Å². The molecule has 114 valence electrons. The minimum atomic E-state index is -0.804. The van der Waals surface area contributed by atoms with Crippen LogP contribution in [-0.2, 0) is 4.74 Å². The number of ether oxygens (including phenoxy) is 1. The molecule has 1 aromatic carbocycles. The Kier molecular flexibility index (Phi) is 7.01. The molecule has 0 aliphatic rings. The topological polar surface area (TPSA) is 67.5 Å². The van der Waals surface area contributed by atoms with Gasteiger partial charge < -0.3 is 20.9 Å². The average molecular weight is 288 g/mol. The summed E-state index contributed by atoms with van der Waals surface area (Å²) < 4.78 is 31.5. The van der Waals surface area contributed by atoms with Gasteiger partial charge in [-0.05, 0) is 37.6 Å². The molecule has 3 atom stereocenters. The molecule has 4 N–H and O–H groups in total. The van der Waals surface area contributed by atoms with Crippen molar-refractivity contribution in [2.75, 3.05) is 20.3 Å². The second-order valence-corrected chi connectivity index (χ2v) is 4.80. The van der Waals surface area contributed by atoms with Crippen LogP contribution in [0.25, 0.3) is 0 Å². The normalized spacial score (nSPS) is 15.9. The molecule has 4 nitrogen and oxygen atoms in total. The first-order valence-electron chi connectivity index (χ1n) is 6.57. The molecule has 0 saturated carbocycles. The molecule has 1 unspecified atom stereocenters. The van der Waals surface area contributed by atoms with E-state index in [0.29, 0.717) is 18.7 Å². The Labute approximate surface area is 117 Å². The number of rotatable bonds is 8. The summed E-state index contributed by atoms with van der Waals surface area (Å²) in [6.45, 7) is 2.68. The molecule has 1 aromatic rings. The van der Waals surface area contributed by atoms with Crippen LogP contribution in [0.4, 0.5) is 8.78 Å². The highest BCUT2D eigenvalue weighted by Crippen LogP contribution is 2.20. The van der Waals surface area contributed by atoms with Crippen molar-refractivity contribution in [3.63, 3.8) is 0 Å². The zero-order chi connectivity index (χ0) is 15.1. The maximum absolute atomic E-state index is 13.3. The van der Waals surface area contributed by atoms with E-state index in [1.807, 2.05) is 0 Å².